The summed E-state index contributed by atoms with van der Waals surface area (Å²) >= 11 is 6.47. The number of nitrogens with one attached hydrogen (secondary N) is 1. The minimum absolute atomic E-state index is 0.563. The van der Waals surface area contributed by atoms with E-state index in [2.05, 4.69) is 47.5 Å². The lowest BCUT2D eigenvalue weighted by molar-refractivity contribution is 0.627. The lowest BCUT2D eigenvalue weighted by Gasteiger charge is -2.07. The Morgan fingerprint density at radius 1 is 1.75 bits per heavy atom. The van der Waals surface area contributed by atoms with Gasteiger partial charge in [-0.3, -0.25) is 0 Å². The van der Waals surface area contributed by atoms with Crippen molar-refractivity contribution < 1.29 is 0 Å². The first-order chi connectivity index (χ1) is 3.81. The quantitative estimate of drug-likeness (QED) is 0.432. The molecule has 0 radical (unpaired) electrons. The SMILES string of the molecule is CC(CS)NCCI. The molecule has 1 atom stereocenters. The number of thiol groups is 1. The molecule has 0 amide bonds. The third kappa shape index (κ3) is 5.18. The van der Waals surface area contributed by atoms with E-state index < -0.39 is 0 Å². The van der Waals surface area contributed by atoms with Gasteiger partial charge in [0, 0.05) is 22.8 Å². The maximum atomic E-state index is 4.12. The largest absolute Gasteiger partial charge is 0.313 e. The van der Waals surface area contributed by atoms with Crippen LogP contribution in [0, 0.1) is 0 Å². The van der Waals surface area contributed by atoms with Gasteiger partial charge in [0.25, 0.3) is 0 Å². The summed E-state index contributed by atoms with van der Waals surface area (Å²) in [5.41, 5.74) is 0. The molecule has 8 heavy (non-hydrogen) atoms. The van der Waals surface area contributed by atoms with E-state index in [1.54, 1.807) is 0 Å². The second kappa shape index (κ2) is 6.16. The fourth-order valence-electron chi connectivity index (χ4n) is 0.366. The van der Waals surface area contributed by atoms with E-state index in [0.717, 1.165) is 12.3 Å². The molecular weight excluding hydrogens is 233 g/mol. The van der Waals surface area contributed by atoms with Gasteiger partial charge < -0.3 is 5.32 Å². The van der Waals surface area contributed by atoms with E-state index >= 15 is 0 Å². The Morgan fingerprint density at radius 2 is 2.38 bits per heavy atom. The molecule has 0 aliphatic carbocycles. The monoisotopic (exact) mass is 245 g/mol. The minimum Gasteiger partial charge on any atom is -0.313 e. The molecule has 0 aromatic carbocycles. The summed E-state index contributed by atoms with van der Waals surface area (Å²) in [6.07, 6.45) is 0. The van der Waals surface area contributed by atoms with E-state index in [-0.39, 0.29) is 0 Å². The predicted octanol–water partition coefficient (Wildman–Crippen LogP) is 1.33. The molecule has 0 aromatic rings. The summed E-state index contributed by atoms with van der Waals surface area (Å²) in [6.45, 7) is 3.24. The van der Waals surface area contributed by atoms with E-state index in [0.29, 0.717) is 6.04 Å². The van der Waals surface area contributed by atoms with Gasteiger partial charge in [-0.1, -0.05) is 22.6 Å². The smallest absolute Gasteiger partial charge is 0.0127 e. The predicted molar refractivity (Wildman–Crippen MR) is 50.2 cm³/mol. The fourth-order valence-corrected chi connectivity index (χ4v) is 0.806. The maximum absolute atomic E-state index is 4.12. The molecule has 0 saturated heterocycles. The van der Waals surface area contributed by atoms with Crippen LogP contribution < -0.4 is 5.32 Å². The zero-order valence-electron chi connectivity index (χ0n) is 5.02. The molecule has 1 unspecified atom stereocenters. The molecule has 0 spiro atoms. The highest BCUT2D eigenvalue weighted by Crippen LogP contribution is 1.85. The zero-order valence-corrected chi connectivity index (χ0v) is 8.08. The fraction of sp³-hybridized carbons (Fsp3) is 1.00. The molecule has 0 saturated carbocycles. The maximum Gasteiger partial charge on any atom is 0.0127 e. The van der Waals surface area contributed by atoms with Gasteiger partial charge in [-0.25, -0.2) is 0 Å². The van der Waals surface area contributed by atoms with Gasteiger partial charge >= 0.3 is 0 Å². The van der Waals surface area contributed by atoms with Crippen molar-refractivity contribution >= 4 is 35.2 Å². The van der Waals surface area contributed by atoms with E-state index in [1.165, 1.54) is 4.43 Å². The van der Waals surface area contributed by atoms with Crippen LogP contribution in [0.25, 0.3) is 0 Å². The van der Waals surface area contributed by atoms with Crippen molar-refractivity contribution in [3.05, 3.63) is 0 Å². The molecule has 3 heteroatoms. The average molecular weight is 245 g/mol. The normalized spacial score (nSPS) is 13.9. The van der Waals surface area contributed by atoms with Crippen LogP contribution in [0.3, 0.4) is 0 Å². The van der Waals surface area contributed by atoms with Gasteiger partial charge in [-0.15, -0.1) is 0 Å². The lowest BCUT2D eigenvalue weighted by atomic mass is 10.4. The van der Waals surface area contributed by atoms with Crippen LogP contribution >= 0.6 is 35.2 Å². The van der Waals surface area contributed by atoms with Crippen molar-refractivity contribution in [2.24, 2.45) is 0 Å². The van der Waals surface area contributed by atoms with E-state index in [9.17, 15) is 0 Å². The Hall–Kier alpha value is 1.04. The van der Waals surface area contributed by atoms with Crippen LogP contribution in [-0.2, 0) is 0 Å². The van der Waals surface area contributed by atoms with Crippen LogP contribution in [0.2, 0.25) is 0 Å². The highest BCUT2D eigenvalue weighted by molar-refractivity contribution is 14.1. The van der Waals surface area contributed by atoms with Crippen molar-refractivity contribution in [2.75, 3.05) is 16.7 Å². The number of rotatable bonds is 4. The average Bonchev–Trinajstić information content (AvgIpc) is 1.83. The summed E-state index contributed by atoms with van der Waals surface area (Å²) in [5.74, 6) is 0.927. The highest BCUT2D eigenvalue weighted by atomic mass is 127. The van der Waals surface area contributed by atoms with Crippen molar-refractivity contribution in [1.82, 2.24) is 5.32 Å². The molecule has 50 valence electrons. The third-order valence-electron chi connectivity index (χ3n) is 0.861. The zero-order chi connectivity index (χ0) is 6.41. The first kappa shape index (κ1) is 9.04. The number of halogens is 1. The molecule has 0 aliphatic rings. The van der Waals surface area contributed by atoms with Gasteiger partial charge in [0.2, 0.25) is 0 Å². The Balaban J connectivity index is 2.86. The first-order valence-electron chi connectivity index (χ1n) is 2.71. The van der Waals surface area contributed by atoms with E-state index in [1.807, 2.05) is 0 Å². The second-order valence-corrected chi connectivity index (χ2v) is 3.17. The van der Waals surface area contributed by atoms with Gasteiger partial charge in [0.15, 0.2) is 0 Å². The Labute approximate surface area is 70.2 Å². The van der Waals surface area contributed by atoms with Crippen LogP contribution in [-0.4, -0.2) is 22.8 Å². The van der Waals surface area contributed by atoms with Crippen molar-refractivity contribution in [3.8, 4) is 0 Å². The van der Waals surface area contributed by atoms with Gasteiger partial charge in [0.05, 0.1) is 0 Å². The number of hydrogen-bond acceptors (Lipinski definition) is 2. The number of hydrogen-bond donors (Lipinski definition) is 2. The summed E-state index contributed by atoms with van der Waals surface area (Å²) in [5, 5.41) is 3.30. The molecule has 0 bridgehead atoms. The Kier molecular flexibility index (Phi) is 6.97. The van der Waals surface area contributed by atoms with Crippen LogP contribution in [0.5, 0.6) is 0 Å². The summed E-state index contributed by atoms with van der Waals surface area (Å²) in [7, 11) is 0. The van der Waals surface area contributed by atoms with Crippen LogP contribution in [0.1, 0.15) is 6.92 Å². The van der Waals surface area contributed by atoms with E-state index in [4.69, 9.17) is 0 Å². The molecule has 0 aliphatic heterocycles. The van der Waals surface area contributed by atoms with Crippen LogP contribution in [0.15, 0.2) is 0 Å². The van der Waals surface area contributed by atoms with Crippen molar-refractivity contribution in [3.63, 3.8) is 0 Å². The van der Waals surface area contributed by atoms with Crippen molar-refractivity contribution in [2.45, 2.75) is 13.0 Å². The molecule has 0 heterocycles. The summed E-state index contributed by atoms with van der Waals surface area (Å²) < 4.78 is 1.18. The van der Waals surface area contributed by atoms with Crippen LogP contribution in [0.4, 0.5) is 0 Å². The standard InChI is InChI=1S/C5H12INS/c1-5(4-8)7-3-2-6/h5,7-8H,2-4H2,1H3. The molecule has 1 nitrogen and oxygen atoms in total. The highest BCUT2D eigenvalue weighted by Gasteiger charge is 1.93. The second-order valence-electron chi connectivity index (χ2n) is 1.73. The lowest BCUT2D eigenvalue weighted by Crippen LogP contribution is -2.28. The first-order valence-corrected chi connectivity index (χ1v) is 4.87. The minimum atomic E-state index is 0.563. The molecular formula is C5H12INS. The molecule has 0 fully saturated rings. The Morgan fingerprint density at radius 3 is 2.75 bits per heavy atom. The summed E-state index contributed by atoms with van der Waals surface area (Å²) in [4.78, 5) is 0. The molecule has 0 aromatic heterocycles. The van der Waals surface area contributed by atoms with Gasteiger partial charge in [0.1, 0.15) is 0 Å². The summed E-state index contributed by atoms with van der Waals surface area (Å²) in [6, 6.07) is 0.563. The van der Waals surface area contributed by atoms with Gasteiger partial charge in [-0.2, -0.15) is 12.6 Å². The van der Waals surface area contributed by atoms with Gasteiger partial charge in [-0.05, 0) is 6.92 Å². The topological polar surface area (TPSA) is 12.0 Å². The molecule has 0 rings (SSSR count). The Bertz CT molecular complexity index is 51.7. The number of alkyl halides is 1. The molecule has 1 N–H and O–H groups in total. The third-order valence-corrected chi connectivity index (χ3v) is 1.95. The van der Waals surface area contributed by atoms with Crippen molar-refractivity contribution in [1.29, 1.82) is 0 Å².